The number of hydrogen-bond acceptors (Lipinski definition) is 2. The van der Waals surface area contributed by atoms with Crippen LogP contribution in [0.4, 0.5) is 0 Å². The maximum atomic E-state index is 10.5. The fourth-order valence-electron chi connectivity index (χ4n) is 1.23. The molecule has 0 bridgehead atoms. The summed E-state index contributed by atoms with van der Waals surface area (Å²) in [5, 5.41) is 17.2. The van der Waals surface area contributed by atoms with Crippen molar-refractivity contribution in [3.8, 4) is 0 Å². The van der Waals surface area contributed by atoms with Gasteiger partial charge in [0, 0.05) is 51.4 Å². The normalized spacial score (nSPS) is 9.07. The van der Waals surface area contributed by atoms with Crippen LogP contribution in [0.2, 0.25) is 0 Å². The van der Waals surface area contributed by atoms with Crippen LogP contribution in [0.25, 0.3) is 0 Å². The molecule has 0 unspecified atom stereocenters. The van der Waals surface area contributed by atoms with E-state index >= 15 is 0 Å². The van der Waals surface area contributed by atoms with Crippen molar-refractivity contribution in [3.05, 3.63) is 35.4 Å². The van der Waals surface area contributed by atoms with Crippen molar-refractivity contribution in [2.45, 2.75) is 12.8 Å². The molecule has 1 aromatic rings. The minimum Gasteiger partial charge on any atom is -0.481 e. The van der Waals surface area contributed by atoms with Crippen LogP contribution in [0, 0.1) is 0 Å². The predicted molar refractivity (Wildman–Crippen MR) is 54.9 cm³/mol. The summed E-state index contributed by atoms with van der Waals surface area (Å²) >= 11 is 0. The number of carbonyl (C=O) groups is 2. The molecule has 0 atom stereocenters. The van der Waals surface area contributed by atoms with Crippen LogP contribution in [0.15, 0.2) is 24.3 Å². The van der Waals surface area contributed by atoms with E-state index in [0.29, 0.717) is 11.1 Å². The molecule has 0 aliphatic rings. The average molecular weight is 233 g/mol. The molecular weight excluding hydrogens is 223 g/mol. The van der Waals surface area contributed by atoms with E-state index in [1.807, 2.05) is 0 Å². The fraction of sp³-hybridized carbons (Fsp3) is 0.200. The van der Waals surface area contributed by atoms with Crippen molar-refractivity contribution >= 4 is 63.3 Å². The Morgan fingerprint density at radius 2 is 1.27 bits per heavy atom. The zero-order chi connectivity index (χ0) is 10.6. The van der Waals surface area contributed by atoms with E-state index in [-0.39, 0.29) is 64.2 Å². The molecule has 0 heterocycles. The third kappa shape index (κ3) is 5.43. The first-order valence-electron chi connectivity index (χ1n) is 4.10. The zero-order valence-corrected chi connectivity index (χ0v) is 11.6. The summed E-state index contributed by atoms with van der Waals surface area (Å²) in [6.07, 6.45) is -0.271. The van der Waals surface area contributed by atoms with Gasteiger partial charge in [0.15, 0.2) is 0 Å². The molecule has 1 aromatic carbocycles. The van der Waals surface area contributed by atoms with Gasteiger partial charge >= 0.3 is 11.9 Å². The second kappa shape index (κ2) is 7.13. The standard InChI is InChI=1S/C10H10O4.K/c11-9(12)5-7-3-1-2-4-8(7)6-10(13)14;/h1-4H,5-6H2,(H,11,12)(H,13,14);. The van der Waals surface area contributed by atoms with Crippen LogP contribution < -0.4 is 0 Å². The molecule has 1 radical (unpaired) electrons. The topological polar surface area (TPSA) is 74.6 Å². The van der Waals surface area contributed by atoms with Crippen LogP contribution >= 0.6 is 0 Å². The number of aliphatic carboxylic acids is 2. The van der Waals surface area contributed by atoms with Crippen molar-refractivity contribution < 1.29 is 19.8 Å². The fourth-order valence-corrected chi connectivity index (χ4v) is 1.23. The SMILES string of the molecule is O=C(O)Cc1ccccc1CC(=O)O.[K]. The first-order valence-corrected chi connectivity index (χ1v) is 4.10. The monoisotopic (exact) mass is 233 g/mol. The molecule has 0 spiro atoms. The van der Waals surface area contributed by atoms with Crippen LogP contribution in [-0.2, 0) is 22.4 Å². The van der Waals surface area contributed by atoms with Gasteiger partial charge in [-0.15, -0.1) is 0 Å². The van der Waals surface area contributed by atoms with Gasteiger partial charge in [0.2, 0.25) is 0 Å². The summed E-state index contributed by atoms with van der Waals surface area (Å²) in [4.78, 5) is 20.9. The number of benzene rings is 1. The predicted octanol–water partition coefficient (Wildman–Crippen LogP) is 0.560. The third-order valence-electron chi connectivity index (χ3n) is 1.80. The molecule has 0 aliphatic carbocycles. The van der Waals surface area contributed by atoms with Crippen molar-refractivity contribution in [2.75, 3.05) is 0 Å². The van der Waals surface area contributed by atoms with E-state index in [4.69, 9.17) is 10.2 Å². The van der Waals surface area contributed by atoms with Gasteiger partial charge in [-0.2, -0.15) is 0 Å². The summed E-state index contributed by atoms with van der Waals surface area (Å²) in [5.74, 6) is -1.91. The molecule has 0 amide bonds. The second-order valence-corrected chi connectivity index (χ2v) is 2.91. The summed E-state index contributed by atoms with van der Waals surface area (Å²) in [6.45, 7) is 0. The Hall–Kier alpha value is -0.204. The van der Waals surface area contributed by atoms with Crippen LogP contribution in [-0.4, -0.2) is 73.5 Å². The number of rotatable bonds is 4. The Morgan fingerprint density at radius 3 is 1.53 bits per heavy atom. The van der Waals surface area contributed by atoms with Gasteiger partial charge in [-0.05, 0) is 11.1 Å². The van der Waals surface area contributed by atoms with Crippen LogP contribution in [0.3, 0.4) is 0 Å². The Labute approximate surface area is 130 Å². The minimum absolute atomic E-state index is 0. The molecule has 0 saturated carbocycles. The quantitative estimate of drug-likeness (QED) is 0.745. The molecule has 2 N–H and O–H groups in total. The van der Waals surface area contributed by atoms with Gasteiger partial charge < -0.3 is 10.2 Å². The molecule has 0 aromatic heterocycles. The maximum Gasteiger partial charge on any atom is 0.307 e. The molecule has 1 rings (SSSR count). The van der Waals surface area contributed by atoms with Crippen molar-refractivity contribution in [2.24, 2.45) is 0 Å². The largest absolute Gasteiger partial charge is 0.481 e. The average Bonchev–Trinajstić information content (AvgIpc) is 2.06. The van der Waals surface area contributed by atoms with E-state index in [9.17, 15) is 9.59 Å². The smallest absolute Gasteiger partial charge is 0.307 e. The molecule has 15 heavy (non-hydrogen) atoms. The third-order valence-corrected chi connectivity index (χ3v) is 1.80. The van der Waals surface area contributed by atoms with Gasteiger partial charge in [0.25, 0.3) is 0 Å². The van der Waals surface area contributed by atoms with Gasteiger partial charge in [-0.1, -0.05) is 24.3 Å². The van der Waals surface area contributed by atoms with Gasteiger partial charge in [0.05, 0.1) is 12.8 Å². The second-order valence-electron chi connectivity index (χ2n) is 2.91. The number of carboxylic acid groups (broad SMARTS) is 2. The van der Waals surface area contributed by atoms with Crippen LogP contribution in [0.5, 0.6) is 0 Å². The Morgan fingerprint density at radius 1 is 0.933 bits per heavy atom. The molecule has 5 heteroatoms. The molecule has 4 nitrogen and oxygen atoms in total. The van der Waals surface area contributed by atoms with Crippen molar-refractivity contribution in [1.82, 2.24) is 0 Å². The van der Waals surface area contributed by atoms with Gasteiger partial charge in [-0.25, -0.2) is 0 Å². The summed E-state index contributed by atoms with van der Waals surface area (Å²) in [5.41, 5.74) is 1.12. The van der Waals surface area contributed by atoms with Gasteiger partial charge in [-0.3, -0.25) is 9.59 Å². The summed E-state index contributed by atoms with van der Waals surface area (Å²) in [7, 11) is 0. The molecule has 75 valence electrons. The van der Waals surface area contributed by atoms with Crippen molar-refractivity contribution in [1.29, 1.82) is 0 Å². The molecule has 0 saturated heterocycles. The number of carboxylic acids is 2. The summed E-state index contributed by atoms with van der Waals surface area (Å²) < 4.78 is 0. The molecule has 0 fully saturated rings. The number of hydrogen-bond donors (Lipinski definition) is 2. The maximum absolute atomic E-state index is 10.5. The van der Waals surface area contributed by atoms with E-state index in [2.05, 4.69) is 0 Å². The molecule has 0 aliphatic heterocycles. The first kappa shape index (κ1) is 14.8. The Balaban J connectivity index is 0.00000196. The Bertz CT molecular complexity index is 327. The van der Waals surface area contributed by atoms with E-state index < -0.39 is 11.9 Å². The zero-order valence-electron chi connectivity index (χ0n) is 8.43. The van der Waals surface area contributed by atoms with Crippen LogP contribution in [0.1, 0.15) is 11.1 Å². The molecular formula is C10H10KO4. The summed E-state index contributed by atoms with van der Waals surface area (Å²) in [6, 6.07) is 6.66. The Kier molecular flexibility index (Phi) is 7.04. The minimum atomic E-state index is -0.956. The van der Waals surface area contributed by atoms with Crippen molar-refractivity contribution in [3.63, 3.8) is 0 Å². The van der Waals surface area contributed by atoms with E-state index in [0.717, 1.165) is 0 Å². The van der Waals surface area contributed by atoms with E-state index in [1.165, 1.54) is 0 Å². The van der Waals surface area contributed by atoms with Gasteiger partial charge in [0.1, 0.15) is 0 Å². The first-order chi connectivity index (χ1) is 6.59. The van der Waals surface area contributed by atoms with E-state index in [1.54, 1.807) is 24.3 Å².